The largest absolute Gasteiger partial charge is 0.468 e. The highest BCUT2D eigenvalue weighted by Crippen LogP contribution is 2.25. The molecule has 1 N–H and O–H groups in total. The number of benzene rings is 1. The molecule has 3 rings (SSSR count). The SMILES string of the molecule is N#Cc1cccc(C(=O)NCC(c2ccco2)N2CCCC2)c1. The van der Waals surface area contributed by atoms with Crippen molar-refractivity contribution in [1.82, 2.24) is 10.2 Å². The number of nitrogens with zero attached hydrogens (tertiary/aromatic N) is 2. The molecule has 5 heteroatoms. The number of hydrogen-bond acceptors (Lipinski definition) is 4. The maximum absolute atomic E-state index is 12.3. The van der Waals surface area contributed by atoms with Crippen molar-refractivity contribution in [2.45, 2.75) is 18.9 Å². The lowest BCUT2D eigenvalue weighted by Crippen LogP contribution is -2.36. The Kier molecular flexibility index (Phi) is 4.74. The van der Waals surface area contributed by atoms with Gasteiger partial charge in [-0.1, -0.05) is 6.07 Å². The first-order chi connectivity index (χ1) is 11.3. The number of nitrogens with one attached hydrogen (secondary N) is 1. The molecule has 0 saturated carbocycles. The minimum atomic E-state index is -0.169. The number of rotatable bonds is 5. The predicted molar refractivity (Wildman–Crippen MR) is 85.7 cm³/mol. The minimum absolute atomic E-state index is 0.0515. The predicted octanol–water partition coefficient (Wildman–Crippen LogP) is 2.72. The molecule has 1 aromatic carbocycles. The van der Waals surface area contributed by atoms with Crippen molar-refractivity contribution in [1.29, 1.82) is 5.26 Å². The summed E-state index contributed by atoms with van der Waals surface area (Å²) in [6.45, 7) is 2.53. The van der Waals surface area contributed by atoms with E-state index >= 15 is 0 Å². The quantitative estimate of drug-likeness (QED) is 0.922. The monoisotopic (exact) mass is 309 g/mol. The molecule has 118 valence electrons. The van der Waals surface area contributed by atoms with Gasteiger partial charge in [-0.2, -0.15) is 5.26 Å². The lowest BCUT2D eigenvalue weighted by Gasteiger charge is -2.26. The maximum atomic E-state index is 12.3. The van der Waals surface area contributed by atoms with Crippen LogP contribution in [0.2, 0.25) is 0 Å². The molecule has 1 saturated heterocycles. The molecule has 1 aliphatic heterocycles. The smallest absolute Gasteiger partial charge is 0.251 e. The Hall–Kier alpha value is -2.58. The van der Waals surface area contributed by atoms with Gasteiger partial charge in [0.15, 0.2) is 0 Å². The normalized spacial score (nSPS) is 16.0. The van der Waals surface area contributed by atoms with Crippen LogP contribution in [-0.4, -0.2) is 30.4 Å². The Balaban J connectivity index is 1.68. The molecule has 0 bridgehead atoms. The molecule has 1 fully saturated rings. The fourth-order valence-corrected chi connectivity index (χ4v) is 2.97. The topological polar surface area (TPSA) is 69.3 Å². The van der Waals surface area contributed by atoms with Gasteiger partial charge in [0.2, 0.25) is 0 Å². The summed E-state index contributed by atoms with van der Waals surface area (Å²) < 4.78 is 5.55. The van der Waals surface area contributed by atoms with E-state index in [1.54, 1.807) is 30.5 Å². The van der Waals surface area contributed by atoms with Crippen LogP contribution in [0.4, 0.5) is 0 Å². The number of furan rings is 1. The summed E-state index contributed by atoms with van der Waals surface area (Å²) in [7, 11) is 0. The molecule has 1 atom stereocenters. The lowest BCUT2D eigenvalue weighted by molar-refractivity contribution is 0.0933. The number of hydrogen-bond donors (Lipinski definition) is 1. The Labute approximate surface area is 135 Å². The average molecular weight is 309 g/mol. The maximum Gasteiger partial charge on any atom is 0.251 e. The van der Waals surface area contributed by atoms with E-state index in [1.807, 2.05) is 12.1 Å². The van der Waals surface area contributed by atoms with Gasteiger partial charge >= 0.3 is 0 Å². The third-order valence-electron chi connectivity index (χ3n) is 4.16. The number of carbonyl (C=O) groups is 1. The van der Waals surface area contributed by atoms with Crippen LogP contribution in [0.15, 0.2) is 47.1 Å². The summed E-state index contributed by atoms with van der Waals surface area (Å²) >= 11 is 0. The van der Waals surface area contributed by atoms with E-state index in [2.05, 4.69) is 16.3 Å². The van der Waals surface area contributed by atoms with Crippen molar-refractivity contribution in [3.63, 3.8) is 0 Å². The van der Waals surface area contributed by atoms with E-state index < -0.39 is 0 Å². The molecule has 2 aromatic rings. The molecule has 1 aromatic heterocycles. The van der Waals surface area contributed by atoms with Crippen molar-refractivity contribution < 1.29 is 9.21 Å². The summed E-state index contributed by atoms with van der Waals surface area (Å²) in [4.78, 5) is 14.7. The van der Waals surface area contributed by atoms with Gasteiger partial charge < -0.3 is 9.73 Å². The Morgan fingerprint density at radius 2 is 2.13 bits per heavy atom. The van der Waals surface area contributed by atoms with Gasteiger partial charge in [0.1, 0.15) is 5.76 Å². The summed E-state index contributed by atoms with van der Waals surface area (Å²) in [6, 6.07) is 12.7. The van der Waals surface area contributed by atoms with Crippen LogP contribution >= 0.6 is 0 Å². The van der Waals surface area contributed by atoms with Gasteiger partial charge in [0.05, 0.1) is 23.9 Å². The Morgan fingerprint density at radius 3 is 2.83 bits per heavy atom. The van der Waals surface area contributed by atoms with Crippen molar-refractivity contribution in [3.8, 4) is 6.07 Å². The van der Waals surface area contributed by atoms with Crippen molar-refractivity contribution in [2.24, 2.45) is 0 Å². The van der Waals surface area contributed by atoms with Crippen LogP contribution in [0.1, 0.15) is 40.6 Å². The molecule has 2 heterocycles. The van der Waals surface area contributed by atoms with Crippen LogP contribution in [0.5, 0.6) is 0 Å². The molecule has 23 heavy (non-hydrogen) atoms. The fourth-order valence-electron chi connectivity index (χ4n) is 2.97. The molecule has 1 amide bonds. The fraction of sp³-hybridized carbons (Fsp3) is 0.333. The van der Waals surface area contributed by atoms with E-state index in [0.717, 1.165) is 18.8 Å². The van der Waals surface area contributed by atoms with E-state index in [0.29, 0.717) is 17.7 Å². The molecule has 1 aliphatic rings. The van der Waals surface area contributed by atoms with Crippen molar-refractivity contribution in [3.05, 3.63) is 59.5 Å². The molecule has 5 nitrogen and oxygen atoms in total. The summed E-state index contributed by atoms with van der Waals surface area (Å²) in [5, 5.41) is 11.9. The van der Waals surface area contributed by atoms with E-state index in [1.165, 1.54) is 12.8 Å². The second-order valence-electron chi connectivity index (χ2n) is 5.68. The van der Waals surface area contributed by atoms with Gasteiger partial charge in [-0.3, -0.25) is 9.69 Å². The number of amides is 1. The molecule has 1 unspecified atom stereocenters. The highest BCUT2D eigenvalue weighted by Gasteiger charge is 2.26. The first-order valence-electron chi connectivity index (χ1n) is 7.84. The van der Waals surface area contributed by atoms with E-state index in [9.17, 15) is 4.79 Å². The molecular formula is C18H19N3O2. The first-order valence-corrected chi connectivity index (χ1v) is 7.84. The van der Waals surface area contributed by atoms with Crippen LogP contribution in [0.3, 0.4) is 0 Å². The van der Waals surface area contributed by atoms with Crippen LogP contribution in [-0.2, 0) is 0 Å². The van der Waals surface area contributed by atoms with Crippen LogP contribution < -0.4 is 5.32 Å². The zero-order valence-electron chi connectivity index (χ0n) is 12.9. The first kappa shape index (κ1) is 15.3. The Bertz CT molecular complexity index is 697. The molecule has 0 radical (unpaired) electrons. The molecular weight excluding hydrogens is 290 g/mol. The molecule has 0 aliphatic carbocycles. The van der Waals surface area contributed by atoms with Gasteiger partial charge in [0, 0.05) is 12.1 Å². The highest BCUT2D eigenvalue weighted by atomic mass is 16.3. The highest BCUT2D eigenvalue weighted by molar-refractivity contribution is 5.94. The number of likely N-dealkylation sites (tertiary alicyclic amines) is 1. The Morgan fingerprint density at radius 1 is 1.30 bits per heavy atom. The van der Waals surface area contributed by atoms with Gasteiger partial charge in [-0.25, -0.2) is 0 Å². The van der Waals surface area contributed by atoms with Crippen LogP contribution in [0.25, 0.3) is 0 Å². The minimum Gasteiger partial charge on any atom is -0.468 e. The number of carbonyl (C=O) groups excluding carboxylic acids is 1. The third kappa shape index (κ3) is 3.61. The van der Waals surface area contributed by atoms with Crippen molar-refractivity contribution >= 4 is 5.91 Å². The van der Waals surface area contributed by atoms with E-state index in [-0.39, 0.29) is 11.9 Å². The van der Waals surface area contributed by atoms with Gasteiger partial charge in [0.25, 0.3) is 5.91 Å². The molecule has 0 spiro atoms. The zero-order chi connectivity index (χ0) is 16.1. The van der Waals surface area contributed by atoms with Crippen LogP contribution in [0, 0.1) is 11.3 Å². The summed E-state index contributed by atoms with van der Waals surface area (Å²) in [5.74, 6) is 0.704. The lowest BCUT2D eigenvalue weighted by atomic mass is 10.1. The summed E-state index contributed by atoms with van der Waals surface area (Å²) in [6.07, 6.45) is 4.02. The van der Waals surface area contributed by atoms with E-state index in [4.69, 9.17) is 9.68 Å². The summed E-state index contributed by atoms with van der Waals surface area (Å²) in [5.41, 5.74) is 0.989. The van der Waals surface area contributed by atoms with Gasteiger partial charge in [-0.15, -0.1) is 0 Å². The van der Waals surface area contributed by atoms with Gasteiger partial charge in [-0.05, 0) is 56.3 Å². The second kappa shape index (κ2) is 7.12. The number of nitriles is 1. The second-order valence-corrected chi connectivity index (χ2v) is 5.68. The zero-order valence-corrected chi connectivity index (χ0v) is 12.9. The van der Waals surface area contributed by atoms with Crippen molar-refractivity contribution in [2.75, 3.05) is 19.6 Å². The average Bonchev–Trinajstić information content (AvgIpc) is 3.29. The third-order valence-corrected chi connectivity index (χ3v) is 4.16. The standard InChI is InChI=1S/C18H19N3O2/c19-12-14-5-3-6-15(11-14)18(22)20-13-16(17-7-4-10-23-17)21-8-1-2-9-21/h3-7,10-11,16H,1-2,8-9,13H2,(H,20,22).